The lowest BCUT2D eigenvalue weighted by molar-refractivity contribution is 0.0689. The van der Waals surface area contributed by atoms with Crippen LogP contribution in [0.1, 0.15) is 31.2 Å². The van der Waals surface area contributed by atoms with Crippen LogP contribution in [0.5, 0.6) is 0 Å². The second-order valence-corrected chi connectivity index (χ2v) is 7.37. The zero-order valence-corrected chi connectivity index (χ0v) is 16.9. The molecule has 2 rings (SSSR count). The van der Waals surface area contributed by atoms with E-state index in [-0.39, 0.29) is 5.41 Å². The van der Waals surface area contributed by atoms with Gasteiger partial charge in [-0.25, -0.2) is 0 Å². The van der Waals surface area contributed by atoms with Crippen LogP contribution in [0.15, 0.2) is 33.7 Å². The van der Waals surface area contributed by atoms with Crippen molar-refractivity contribution in [2.75, 3.05) is 47.1 Å². The van der Waals surface area contributed by atoms with Crippen molar-refractivity contribution in [1.29, 1.82) is 0 Å². The van der Waals surface area contributed by atoms with Crippen molar-refractivity contribution in [3.8, 4) is 0 Å². The second kappa shape index (κ2) is 10.8. The molecule has 0 aliphatic heterocycles. The minimum absolute atomic E-state index is 0.261. The molecule has 0 amide bonds. The Morgan fingerprint density at radius 1 is 1.20 bits per heavy atom. The molecule has 6 heteroatoms. The summed E-state index contributed by atoms with van der Waals surface area (Å²) in [5, 5.41) is 6.87. The van der Waals surface area contributed by atoms with Gasteiger partial charge in [0.15, 0.2) is 5.96 Å². The third-order valence-corrected chi connectivity index (χ3v) is 5.04. The Morgan fingerprint density at radius 3 is 2.72 bits per heavy atom. The average Bonchev–Trinajstić information content (AvgIpc) is 3.41. The van der Waals surface area contributed by atoms with Gasteiger partial charge in [0.1, 0.15) is 0 Å². The predicted molar refractivity (Wildman–Crippen MR) is 106 cm³/mol. The number of unbranched alkanes of at least 4 members (excludes halogenated alkanes) is 1. The molecular formula is C19H30BrN3O2. The van der Waals surface area contributed by atoms with Gasteiger partial charge in [0, 0.05) is 43.7 Å². The summed E-state index contributed by atoms with van der Waals surface area (Å²) in [4.78, 5) is 4.33. The monoisotopic (exact) mass is 411 g/mol. The fourth-order valence-corrected chi connectivity index (χ4v) is 3.19. The first-order chi connectivity index (χ1) is 12.2. The number of nitrogens with one attached hydrogen (secondary N) is 2. The van der Waals surface area contributed by atoms with Gasteiger partial charge >= 0.3 is 0 Å². The van der Waals surface area contributed by atoms with E-state index in [1.807, 2.05) is 7.05 Å². The van der Waals surface area contributed by atoms with Gasteiger partial charge in [-0.1, -0.05) is 28.1 Å². The topological polar surface area (TPSA) is 54.9 Å². The van der Waals surface area contributed by atoms with Crippen molar-refractivity contribution < 1.29 is 9.47 Å². The third kappa shape index (κ3) is 6.96. The molecule has 0 atom stereocenters. The number of halogens is 1. The number of aliphatic imine (C=N–C) groups is 1. The first kappa shape index (κ1) is 20.2. The van der Waals surface area contributed by atoms with Crippen molar-refractivity contribution in [2.45, 2.75) is 31.1 Å². The number of guanidine groups is 1. The minimum atomic E-state index is 0.261. The summed E-state index contributed by atoms with van der Waals surface area (Å²) in [6.07, 6.45) is 4.55. The number of hydrogen-bond acceptors (Lipinski definition) is 3. The van der Waals surface area contributed by atoms with Crippen molar-refractivity contribution in [1.82, 2.24) is 10.6 Å². The molecule has 25 heavy (non-hydrogen) atoms. The Morgan fingerprint density at radius 2 is 2.04 bits per heavy atom. The molecule has 2 N–H and O–H groups in total. The molecule has 5 nitrogen and oxygen atoms in total. The van der Waals surface area contributed by atoms with Gasteiger partial charge in [0.25, 0.3) is 0 Å². The number of rotatable bonds is 11. The van der Waals surface area contributed by atoms with Crippen LogP contribution >= 0.6 is 15.9 Å². The van der Waals surface area contributed by atoms with Crippen LogP contribution in [0.2, 0.25) is 0 Å². The molecule has 0 radical (unpaired) electrons. The van der Waals surface area contributed by atoms with E-state index in [2.05, 4.69) is 55.8 Å². The third-order valence-electron chi connectivity index (χ3n) is 4.55. The van der Waals surface area contributed by atoms with E-state index in [9.17, 15) is 0 Å². The molecule has 0 bridgehead atoms. The summed E-state index contributed by atoms with van der Waals surface area (Å²) in [6.45, 7) is 3.93. The van der Waals surface area contributed by atoms with E-state index in [1.54, 1.807) is 7.11 Å². The van der Waals surface area contributed by atoms with Crippen molar-refractivity contribution in [2.24, 2.45) is 4.99 Å². The molecule has 140 valence electrons. The fraction of sp³-hybridized carbons (Fsp3) is 0.632. The maximum Gasteiger partial charge on any atom is 0.191 e. The Kier molecular flexibility index (Phi) is 8.72. The minimum Gasteiger partial charge on any atom is -0.382 e. The first-order valence-corrected chi connectivity index (χ1v) is 9.77. The lowest BCUT2D eigenvalue weighted by Crippen LogP contribution is -2.41. The van der Waals surface area contributed by atoms with Crippen molar-refractivity contribution >= 4 is 21.9 Å². The Labute approximate surface area is 159 Å². The molecule has 1 fully saturated rings. The number of benzene rings is 1. The van der Waals surface area contributed by atoms with Gasteiger partial charge in [-0.3, -0.25) is 4.99 Å². The molecule has 0 heterocycles. The van der Waals surface area contributed by atoms with E-state index in [4.69, 9.17) is 9.47 Å². The summed E-state index contributed by atoms with van der Waals surface area (Å²) in [5.41, 5.74) is 1.66. The summed E-state index contributed by atoms with van der Waals surface area (Å²) in [6, 6.07) is 8.64. The number of methoxy groups -OCH3 is 1. The van der Waals surface area contributed by atoms with Gasteiger partial charge < -0.3 is 20.1 Å². The standard InChI is InChI=1S/C19H30BrN3O2/c1-21-18(22-10-3-4-11-25-13-12-24-2)23-15-19(8-9-19)16-6-5-7-17(20)14-16/h5-7,14H,3-4,8-13,15H2,1-2H3,(H2,21,22,23). The van der Waals surface area contributed by atoms with Crippen molar-refractivity contribution in [3.63, 3.8) is 0 Å². The van der Waals surface area contributed by atoms with Gasteiger partial charge in [-0.05, 0) is 43.4 Å². The molecule has 0 saturated heterocycles. The summed E-state index contributed by atoms with van der Waals surface area (Å²) >= 11 is 3.57. The molecule has 1 aliphatic rings. The molecular weight excluding hydrogens is 382 g/mol. The van der Waals surface area contributed by atoms with Crippen molar-refractivity contribution in [3.05, 3.63) is 34.3 Å². The van der Waals surface area contributed by atoms with Crippen LogP contribution < -0.4 is 10.6 Å². The van der Waals surface area contributed by atoms with E-state index < -0.39 is 0 Å². The Hall–Kier alpha value is -1.11. The highest BCUT2D eigenvalue weighted by Crippen LogP contribution is 2.48. The highest BCUT2D eigenvalue weighted by Gasteiger charge is 2.44. The van der Waals surface area contributed by atoms with Gasteiger partial charge in [-0.15, -0.1) is 0 Å². The zero-order chi connectivity index (χ0) is 18.0. The van der Waals surface area contributed by atoms with Crippen LogP contribution in [-0.2, 0) is 14.9 Å². The predicted octanol–water partition coefficient (Wildman–Crippen LogP) is 3.09. The smallest absolute Gasteiger partial charge is 0.191 e. The molecule has 0 aromatic heterocycles. The molecule has 1 aromatic carbocycles. The van der Waals surface area contributed by atoms with Crippen LogP contribution in [0.25, 0.3) is 0 Å². The van der Waals surface area contributed by atoms with E-state index >= 15 is 0 Å². The quantitative estimate of drug-likeness (QED) is 0.333. The summed E-state index contributed by atoms with van der Waals surface area (Å²) in [7, 11) is 3.51. The van der Waals surface area contributed by atoms with Gasteiger partial charge in [0.2, 0.25) is 0 Å². The SMILES string of the molecule is CN=C(NCCCCOCCOC)NCC1(c2cccc(Br)c2)CC1. The lowest BCUT2D eigenvalue weighted by Gasteiger charge is -2.19. The highest BCUT2D eigenvalue weighted by molar-refractivity contribution is 9.10. The first-order valence-electron chi connectivity index (χ1n) is 8.97. The molecule has 1 aromatic rings. The maximum atomic E-state index is 5.46. The zero-order valence-electron chi connectivity index (χ0n) is 15.3. The van der Waals surface area contributed by atoms with Gasteiger partial charge in [0.05, 0.1) is 13.2 Å². The average molecular weight is 412 g/mol. The number of hydrogen-bond donors (Lipinski definition) is 2. The normalized spacial score (nSPS) is 15.9. The molecule has 0 unspecified atom stereocenters. The number of nitrogens with zero attached hydrogens (tertiary/aromatic N) is 1. The summed E-state index contributed by atoms with van der Waals surface area (Å²) < 4.78 is 11.6. The Balaban J connectivity index is 1.64. The summed E-state index contributed by atoms with van der Waals surface area (Å²) in [5.74, 6) is 0.876. The molecule has 1 saturated carbocycles. The second-order valence-electron chi connectivity index (χ2n) is 6.46. The van der Waals surface area contributed by atoms with E-state index in [0.29, 0.717) is 13.2 Å². The van der Waals surface area contributed by atoms with Crippen LogP contribution in [-0.4, -0.2) is 53.0 Å². The largest absolute Gasteiger partial charge is 0.382 e. The number of ether oxygens (including phenoxy) is 2. The van der Waals surface area contributed by atoms with Crippen LogP contribution in [0.3, 0.4) is 0 Å². The lowest BCUT2D eigenvalue weighted by atomic mass is 9.96. The molecule has 0 spiro atoms. The van der Waals surface area contributed by atoms with Crippen LogP contribution in [0, 0.1) is 0 Å². The van der Waals surface area contributed by atoms with Gasteiger partial charge in [-0.2, -0.15) is 0 Å². The van der Waals surface area contributed by atoms with E-state index in [0.717, 1.165) is 43.0 Å². The van der Waals surface area contributed by atoms with E-state index in [1.165, 1.54) is 18.4 Å². The fourth-order valence-electron chi connectivity index (χ4n) is 2.79. The Bertz CT molecular complexity index is 547. The van der Waals surface area contributed by atoms with Crippen LogP contribution in [0.4, 0.5) is 0 Å². The maximum absolute atomic E-state index is 5.46. The highest BCUT2D eigenvalue weighted by atomic mass is 79.9. The molecule has 1 aliphatic carbocycles.